The van der Waals surface area contributed by atoms with Crippen molar-refractivity contribution in [1.82, 2.24) is 9.97 Å². The predicted molar refractivity (Wildman–Crippen MR) is 61.4 cm³/mol. The monoisotopic (exact) mass is 255 g/mol. The van der Waals surface area contributed by atoms with Crippen LogP contribution in [0.1, 0.15) is 5.69 Å². The summed E-state index contributed by atoms with van der Waals surface area (Å²) in [5.41, 5.74) is 0.661. The number of aromatic nitrogens is 2. The first kappa shape index (κ1) is 11.7. The number of hydrogen-bond acceptors (Lipinski definition) is 3. The van der Waals surface area contributed by atoms with Gasteiger partial charge in [0.15, 0.2) is 11.6 Å². The molecule has 17 heavy (non-hydrogen) atoms. The van der Waals surface area contributed by atoms with Crippen molar-refractivity contribution in [3.05, 3.63) is 46.9 Å². The van der Waals surface area contributed by atoms with Gasteiger partial charge in [-0.1, -0.05) is 0 Å². The Labute approximate surface area is 101 Å². The second kappa shape index (κ2) is 4.63. The number of benzene rings is 1. The molecule has 1 aromatic heterocycles. The summed E-state index contributed by atoms with van der Waals surface area (Å²) in [7, 11) is 0. The van der Waals surface area contributed by atoms with Crippen molar-refractivity contribution in [2.45, 2.75) is 6.92 Å². The smallest absolute Gasteiger partial charge is 0.224 e. The molecule has 0 aliphatic rings. The van der Waals surface area contributed by atoms with Crippen LogP contribution in [0.2, 0.25) is 5.28 Å². The van der Waals surface area contributed by atoms with Gasteiger partial charge in [0.05, 0.1) is 5.69 Å². The molecule has 2 aromatic rings. The van der Waals surface area contributed by atoms with Crippen molar-refractivity contribution < 1.29 is 8.78 Å². The average molecular weight is 256 g/mol. The summed E-state index contributed by atoms with van der Waals surface area (Å²) in [6.07, 6.45) is 0. The molecule has 0 unspecified atom stereocenters. The van der Waals surface area contributed by atoms with Crippen molar-refractivity contribution in [3.63, 3.8) is 0 Å². The maximum absolute atomic E-state index is 13.6. The number of aryl methyl sites for hydroxylation is 1. The number of nitrogens with one attached hydrogen (secondary N) is 1. The lowest BCUT2D eigenvalue weighted by atomic mass is 10.3. The van der Waals surface area contributed by atoms with E-state index in [2.05, 4.69) is 15.3 Å². The maximum atomic E-state index is 13.6. The number of halogens is 3. The quantitative estimate of drug-likeness (QED) is 0.835. The Kier molecular flexibility index (Phi) is 3.19. The first-order valence-electron chi connectivity index (χ1n) is 4.78. The minimum atomic E-state index is -0.585. The number of anilines is 2. The first-order chi connectivity index (χ1) is 8.06. The molecule has 1 N–H and O–H groups in total. The minimum Gasteiger partial charge on any atom is -0.338 e. The van der Waals surface area contributed by atoms with Gasteiger partial charge in [0.2, 0.25) is 5.28 Å². The van der Waals surface area contributed by atoms with Crippen LogP contribution in [0, 0.1) is 18.6 Å². The molecule has 0 bridgehead atoms. The van der Waals surface area contributed by atoms with E-state index in [1.54, 1.807) is 0 Å². The summed E-state index contributed by atoms with van der Waals surface area (Å²) in [4.78, 5) is 7.39. The van der Waals surface area contributed by atoms with E-state index >= 15 is 0 Å². The predicted octanol–water partition coefficient (Wildman–Crippen LogP) is 3.46. The first-order valence-corrected chi connectivity index (χ1v) is 5.16. The van der Waals surface area contributed by atoms with E-state index in [1.807, 2.05) is 0 Å². The van der Waals surface area contributed by atoms with Crippen LogP contribution in [0.15, 0.2) is 24.3 Å². The highest BCUT2D eigenvalue weighted by Crippen LogP contribution is 2.21. The van der Waals surface area contributed by atoms with Gasteiger partial charge < -0.3 is 5.32 Å². The van der Waals surface area contributed by atoms with Crippen LogP contribution in [-0.4, -0.2) is 9.97 Å². The molecule has 2 rings (SSSR count). The third kappa shape index (κ3) is 2.68. The van der Waals surface area contributed by atoms with Crippen molar-refractivity contribution in [2.24, 2.45) is 0 Å². The molecule has 0 aliphatic heterocycles. The number of rotatable bonds is 2. The molecule has 0 spiro atoms. The summed E-state index contributed by atoms with van der Waals surface area (Å²) < 4.78 is 26.3. The van der Waals surface area contributed by atoms with Gasteiger partial charge in [0.1, 0.15) is 5.82 Å². The summed E-state index contributed by atoms with van der Waals surface area (Å²) >= 11 is 5.62. The molecule has 0 atom stereocenters. The molecule has 0 amide bonds. The van der Waals surface area contributed by atoms with E-state index in [1.165, 1.54) is 31.2 Å². The van der Waals surface area contributed by atoms with Crippen LogP contribution < -0.4 is 5.32 Å². The van der Waals surface area contributed by atoms with E-state index in [0.29, 0.717) is 5.69 Å². The van der Waals surface area contributed by atoms with Gasteiger partial charge in [-0.05, 0) is 42.8 Å². The van der Waals surface area contributed by atoms with Gasteiger partial charge in [-0.25, -0.2) is 13.8 Å². The van der Waals surface area contributed by atoms with Crippen molar-refractivity contribution in [1.29, 1.82) is 0 Å². The zero-order valence-corrected chi connectivity index (χ0v) is 9.59. The molecule has 0 aliphatic carbocycles. The fourth-order valence-electron chi connectivity index (χ4n) is 1.28. The van der Waals surface area contributed by atoms with E-state index < -0.39 is 5.82 Å². The molecule has 88 valence electrons. The maximum Gasteiger partial charge on any atom is 0.224 e. The van der Waals surface area contributed by atoms with Crippen LogP contribution in [0.4, 0.5) is 20.3 Å². The summed E-state index contributed by atoms with van der Waals surface area (Å²) in [6, 6.07) is 5.46. The highest BCUT2D eigenvalue weighted by Gasteiger charge is 2.10. The lowest BCUT2D eigenvalue weighted by molar-refractivity contribution is 0.607. The topological polar surface area (TPSA) is 37.8 Å². The Morgan fingerprint density at radius 3 is 2.41 bits per heavy atom. The Morgan fingerprint density at radius 2 is 1.76 bits per heavy atom. The van der Waals surface area contributed by atoms with Gasteiger partial charge in [-0.15, -0.1) is 0 Å². The SMILES string of the molecule is Cc1nc(Cl)nc(Nc2ccc(F)cc2)c1F. The third-order valence-corrected chi connectivity index (χ3v) is 2.27. The second-order valence-electron chi connectivity index (χ2n) is 3.37. The Bertz CT molecular complexity index is 543. The van der Waals surface area contributed by atoms with Crippen LogP contribution in [0.5, 0.6) is 0 Å². The molecule has 0 radical (unpaired) electrons. The fourth-order valence-corrected chi connectivity index (χ4v) is 1.49. The lowest BCUT2D eigenvalue weighted by Crippen LogP contribution is -2.02. The molecule has 3 nitrogen and oxygen atoms in total. The highest BCUT2D eigenvalue weighted by atomic mass is 35.5. The number of hydrogen-bond donors (Lipinski definition) is 1. The Morgan fingerprint density at radius 1 is 1.12 bits per heavy atom. The molecule has 0 saturated carbocycles. The van der Waals surface area contributed by atoms with Gasteiger partial charge in [0.25, 0.3) is 0 Å². The molecular weight excluding hydrogens is 248 g/mol. The lowest BCUT2D eigenvalue weighted by Gasteiger charge is -2.07. The normalized spacial score (nSPS) is 10.4. The van der Waals surface area contributed by atoms with Gasteiger partial charge in [-0.2, -0.15) is 4.98 Å². The van der Waals surface area contributed by atoms with Crippen molar-refractivity contribution in [3.8, 4) is 0 Å². The largest absolute Gasteiger partial charge is 0.338 e. The molecule has 0 fully saturated rings. The standard InChI is InChI=1S/C11H8ClF2N3/c1-6-9(14)10(17-11(12)15-6)16-8-4-2-7(13)3-5-8/h2-5H,1H3,(H,15,16,17). The summed E-state index contributed by atoms with van der Waals surface area (Å²) in [5, 5.41) is 2.66. The molecule has 0 saturated heterocycles. The van der Waals surface area contributed by atoms with Crippen LogP contribution in [-0.2, 0) is 0 Å². The molecular formula is C11H8ClF2N3. The second-order valence-corrected chi connectivity index (χ2v) is 3.71. The molecule has 1 heterocycles. The zero-order valence-electron chi connectivity index (χ0n) is 8.84. The van der Waals surface area contributed by atoms with Crippen molar-refractivity contribution >= 4 is 23.1 Å². The average Bonchev–Trinajstić information content (AvgIpc) is 2.28. The van der Waals surface area contributed by atoms with E-state index in [-0.39, 0.29) is 22.6 Å². The van der Waals surface area contributed by atoms with Crippen LogP contribution >= 0.6 is 11.6 Å². The van der Waals surface area contributed by atoms with E-state index in [9.17, 15) is 8.78 Å². The zero-order chi connectivity index (χ0) is 12.4. The van der Waals surface area contributed by atoms with Crippen molar-refractivity contribution in [2.75, 3.05) is 5.32 Å². The van der Waals surface area contributed by atoms with E-state index in [4.69, 9.17) is 11.6 Å². The highest BCUT2D eigenvalue weighted by molar-refractivity contribution is 6.28. The molecule has 6 heteroatoms. The Hall–Kier alpha value is -1.75. The van der Waals surface area contributed by atoms with Crippen LogP contribution in [0.3, 0.4) is 0 Å². The molecule has 1 aromatic carbocycles. The fraction of sp³-hybridized carbons (Fsp3) is 0.0909. The number of nitrogens with zero attached hydrogens (tertiary/aromatic N) is 2. The van der Waals surface area contributed by atoms with E-state index in [0.717, 1.165) is 0 Å². The Balaban J connectivity index is 2.32. The minimum absolute atomic E-state index is 0.0332. The van der Waals surface area contributed by atoms with Gasteiger partial charge in [-0.3, -0.25) is 0 Å². The summed E-state index contributed by atoms with van der Waals surface area (Å²) in [6.45, 7) is 1.48. The summed E-state index contributed by atoms with van der Waals surface area (Å²) in [5.74, 6) is -0.985. The van der Waals surface area contributed by atoms with Crippen LogP contribution in [0.25, 0.3) is 0 Å². The third-order valence-electron chi connectivity index (χ3n) is 2.10. The van der Waals surface area contributed by atoms with Gasteiger partial charge >= 0.3 is 0 Å². The van der Waals surface area contributed by atoms with Gasteiger partial charge in [0, 0.05) is 5.69 Å².